The summed E-state index contributed by atoms with van der Waals surface area (Å²) in [6, 6.07) is 1.85. The van der Waals surface area contributed by atoms with Crippen molar-refractivity contribution in [2.24, 2.45) is 22.7 Å². The number of hydrogen-bond donors (Lipinski definition) is 1. The normalized spacial score (nSPS) is 43.5. The smallest absolute Gasteiger partial charge is 0.334 e. The summed E-state index contributed by atoms with van der Waals surface area (Å²) in [4.78, 5) is 24.4. The first-order chi connectivity index (χ1) is 13.9. The molecule has 29 heavy (non-hydrogen) atoms. The third kappa shape index (κ3) is 2.50. The van der Waals surface area contributed by atoms with Crippen molar-refractivity contribution >= 4 is 11.9 Å². The van der Waals surface area contributed by atoms with Gasteiger partial charge in [-0.3, -0.25) is 4.79 Å². The van der Waals surface area contributed by atoms with Crippen LogP contribution in [0.4, 0.5) is 0 Å². The number of carbonyl (C=O) groups excluding carboxylic acids is 2. The molecule has 0 amide bonds. The van der Waals surface area contributed by atoms with Crippen molar-refractivity contribution in [2.75, 3.05) is 6.61 Å². The zero-order valence-corrected chi connectivity index (χ0v) is 16.6. The van der Waals surface area contributed by atoms with E-state index in [2.05, 4.69) is 0 Å². The third-order valence-electron chi connectivity index (χ3n) is 7.79. The Labute approximate surface area is 169 Å². The van der Waals surface area contributed by atoms with Crippen molar-refractivity contribution in [2.45, 2.75) is 58.0 Å². The van der Waals surface area contributed by atoms with Gasteiger partial charge in [-0.1, -0.05) is 13.0 Å². The number of allylic oxidation sites excluding steroid dienone is 1. The second-order valence-corrected chi connectivity index (χ2v) is 8.98. The van der Waals surface area contributed by atoms with Crippen molar-refractivity contribution in [3.8, 4) is 0 Å². The Hall–Kier alpha value is -2.12. The average Bonchev–Trinajstić information content (AvgIpc) is 3.39. The van der Waals surface area contributed by atoms with Gasteiger partial charge in [-0.2, -0.15) is 0 Å². The van der Waals surface area contributed by atoms with Crippen LogP contribution in [0.25, 0.3) is 0 Å². The Balaban J connectivity index is 1.64. The first-order valence-electron chi connectivity index (χ1n) is 10.3. The predicted octanol–water partition coefficient (Wildman–Crippen LogP) is 2.90. The van der Waals surface area contributed by atoms with Crippen LogP contribution < -0.4 is 0 Å². The van der Waals surface area contributed by atoms with Crippen LogP contribution in [-0.4, -0.2) is 36.0 Å². The number of esters is 2. The molecule has 1 aromatic rings. The van der Waals surface area contributed by atoms with Crippen LogP contribution in [0, 0.1) is 22.7 Å². The second-order valence-electron chi connectivity index (χ2n) is 8.98. The van der Waals surface area contributed by atoms with Crippen molar-refractivity contribution in [1.29, 1.82) is 0 Å². The molecule has 1 aromatic heterocycles. The van der Waals surface area contributed by atoms with Gasteiger partial charge >= 0.3 is 11.9 Å². The maximum atomic E-state index is 12.5. The van der Waals surface area contributed by atoms with Gasteiger partial charge in [0.15, 0.2) is 0 Å². The van der Waals surface area contributed by atoms with Gasteiger partial charge in [0.25, 0.3) is 0 Å². The summed E-state index contributed by atoms with van der Waals surface area (Å²) < 4.78 is 22.7. The predicted molar refractivity (Wildman–Crippen MR) is 99.1 cm³/mol. The van der Waals surface area contributed by atoms with E-state index in [-0.39, 0.29) is 30.5 Å². The van der Waals surface area contributed by atoms with Gasteiger partial charge in [0.1, 0.15) is 6.61 Å². The maximum absolute atomic E-state index is 12.5. The Morgan fingerprint density at radius 3 is 2.90 bits per heavy atom. The van der Waals surface area contributed by atoms with Gasteiger partial charge in [-0.25, -0.2) is 4.79 Å². The van der Waals surface area contributed by atoms with Crippen molar-refractivity contribution in [3.05, 3.63) is 35.8 Å². The number of aliphatic hydroxyl groups excluding tert-OH is 1. The Morgan fingerprint density at radius 1 is 1.34 bits per heavy atom. The minimum absolute atomic E-state index is 0.00102. The molecule has 3 fully saturated rings. The van der Waals surface area contributed by atoms with E-state index in [1.54, 1.807) is 12.5 Å². The number of furan rings is 1. The van der Waals surface area contributed by atoms with Gasteiger partial charge in [0.2, 0.25) is 6.29 Å². The molecule has 156 valence electrons. The maximum Gasteiger partial charge on any atom is 0.334 e. The van der Waals surface area contributed by atoms with Crippen LogP contribution in [0.3, 0.4) is 0 Å². The molecule has 2 aliphatic carbocycles. The molecule has 7 atom stereocenters. The minimum Gasteiger partial charge on any atom is -0.472 e. The summed E-state index contributed by atoms with van der Waals surface area (Å²) in [7, 11) is 0. The van der Waals surface area contributed by atoms with E-state index in [4.69, 9.17) is 18.6 Å². The Bertz CT molecular complexity index is 859. The lowest BCUT2D eigenvalue weighted by atomic mass is 9.45. The van der Waals surface area contributed by atoms with Crippen molar-refractivity contribution in [3.63, 3.8) is 0 Å². The van der Waals surface area contributed by atoms with Crippen LogP contribution in [0.15, 0.2) is 34.7 Å². The number of aliphatic hydroxyl groups is 1. The molecule has 2 saturated heterocycles. The molecular formula is C22H26O7. The molecule has 7 heteroatoms. The van der Waals surface area contributed by atoms with Crippen LogP contribution >= 0.6 is 0 Å². The average molecular weight is 402 g/mol. The van der Waals surface area contributed by atoms with Gasteiger partial charge in [0, 0.05) is 28.9 Å². The minimum atomic E-state index is -0.804. The van der Waals surface area contributed by atoms with Gasteiger partial charge in [0.05, 0.1) is 24.7 Å². The summed E-state index contributed by atoms with van der Waals surface area (Å²) in [5.41, 5.74) is 0.366. The molecule has 5 rings (SSSR count). The first kappa shape index (κ1) is 18.9. The van der Waals surface area contributed by atoms with Crippen LogP contribution in [-0.2, 0) is 23.8 Å². The zero-order chi connectivity index (χ0) is 20.4. The molecule has 1 N–H and O–H groups in total. The highest BCUT2D eigenvalue weighted by Crippen LogP contribution is 2.68. The van der Waals surface area contributed by atoms with Crippen molar-refractivity contribution in [1.82, 2.24) is 0 Å². The Kier molecular flexibility index (Phi) is 4.19. The number of fused-ring (bicyclic) bond motifs is 1. The van der Waals surface area contributed by atoms with E-state index in [1.807, 2.05) is 19.1 Å². The quantitative estimate of drug-likeness (QED) is 0.760. The lowest BCUT2D eigenvalue weighted by Gasteiger charge is -2.58. The fourth-order valence-electron chi connectivity index (χ4n) is 6.51. The van der Waals surface area contributed by atoms with Crippen LogP contribution in [0.5, 0.6) is 0 Å². The largest absolute Gasteiger partial charge is 0.472 e. The molecular weight excluding hydrogens is 376 g/mol. The molecule has 3 heterocycles. The molecule has 1 saturated carbocycles. The Morgan fingerprint density at radius 2 is 2.17 bits per heavy atom. The number of ether oxygens (including phenoxy) is 3. The monoisotopic (exact) mass is 402 g/mol. The van der Waals surface area contributed by atoms with E-state index in [0.717, 1.165) is 18.4 Å². The highest BCUT2D eigenvalue weighted by Gasteiger charge is 2.70. The summed E-state index contributed by atoms with van der Waals surface area (Å²) in [6.45, 7) is 3.64. The van der Waals surface area contributed by atoms with Crippen LogP contribution in [0.2, 0.25) is 0 Å². The molecule has 7 nitrogen and oxygen atoms in total. The fourth-order valence-corrected chi connectivity index (χ4v) is 6.51. The summed E-state index contributed by atoms with van der Waals surface area (Å²) in [6.07, 6.45) is 6.06. The standard InChI is InChI=1S/C22H26O7/c1-12-16(24)8-21-11-27-19(25)15(21)4-3-5-18(21)22(12)9-17(14-6-7-26-10-14)29-20(22)28-13(2)23/h4,6-7,10,12,16-18,20,24H,3,5,8-9,11H2,1-2H3/t12-,16-,17+,18+,20-,21-,22-/m1/s1. The molecule has 0 aromatic carbocycles. The SMILES string of the molecule is CC(=O)O[C@@H]1O[C@H](c2ccoc2)C[C@]12[C@H](C)[C@H](O)C[C@@]13COC(=O)C1=CCC[C@@H]32. The second kappa shape index (κ2) is 6.44. The van der Waals surface area contributed by atoms with E-state index in [1.165, 1.54) is 6.92 Å². The lowest BCUT2D eigenvalue weighted by molar-refractivity contribution is -0.236. The van der Waals surface area contributed by atoms with Gasteiger partial charge < -0.3 is 23.7 Å². The van der Waals surface area contributed by atoms with E-state index in [9.17, 15) is 14.7 Å². The van der Waals surface area contributed by atoms with Crippen LogP contribution in [0.1, 0.15) is 51.2 Å². The zero-order valence-electron chi connectivity index (χ0n) is 16.6. The highest BCUT2D eigenvalue weighted by atomic mass is 16.7. The fraction of sp³-hybridized carbons (Fsp3) is 0.636. The molecule has 4 aliphatic rings. The number of cyclic esters (lactones) is 1. The summed E-state index contributed by atoms with van der Waals surface area (Å²) in [5, 5.41) is 11.1. The molecule has 0 bridgehead atoms. The third-order valence-corrected chi connectivity index (χ3v) is 7.79. The number of hydrogen-bond acceptors (Lipinski definition) is 7. The summed E-state index contributed by atoms with van der Waals surface area (Å²) in [5.74, 6) is -0.884. The summed E-state index contributed by atoms with van der Waals surface area (Å²) >= 11 is 0. The van der Waals surface area contributed by atoms with E-state index < -0.39 is 29.2 Å². The molecule has 2 aliphatic heterocycles. The highest BCUT2D eigenvalue weighted by molar-refractivity contribution is 5.92. The number of rotatable bonds is 2. The topological polar surface area (TPSA) is 95.2 Å². The van der Waals surface area contributed by atoms with E-state index in [0.29, 0.717) is 18.4 Å². The molecule has 2 spiro atoms. The van der Waals surface area contributed by atoms with Crippen molar-refractivity contribution < 1.29 is 33.3 Å². The van der Waals surface area contributed by atoms with Gasteiger partial charge in [-0.15, -0.1) is 0 Å². The lowest BCUT2D eigenvalue weighted by Crippen LogP contribution is -2.61. The first-order valence-corrected chi connectivity index (χ1v) is 10.3. The number of carbonyl (C=O) groups is 2. The molecule has 0 radical (unpaired) electrons. The molecule has 0 unspecified atom stereocenters. The van der Waals surface area contributed by atoms with E-state index >= 15 is 0 Å². The van der Waals surface area contributed by atoms with Gasteiger partial charge in [-0.05, 0) is 43.6 Å².